The summed E-state index contributed by atoms with van der Waals surface area (Å²) < 4.78 is 2.29. The first-order valence-corrected chi connectivity index (χ1v) is 5.06. The Hall–Kier alpha value is -0.108. The van der Waals surface area contributed by atoms with E-state index in [0.29, 0.717) is 16.5 Å². The Labute approximate surface area is 81.2 Å². The van der Waals surface area contributed by atoms with Gasteiger partial charge in [0.05, 0.1) is 5.69 Å². The van der Waals surface area contributed by atoms with Gasteiger partial charge in [0.15, 0.2) is 0 Å². The van der Waals surface area contributed by atoms with E-state index in [4.69, 9.17) is 0 Å². The van der Waals surface area contributed by atoms with E-state index in [0.717, 1.165) is 16.6 Å². The van der Waals surface area contributed by atoms with E-state index in [1.807, 2.05) is 6.92 Å². The van der Waals surface area contributed by atoms with Crippen molar-refractivity contribution in [3.63, 3.8) is 0 Å². The molecule has 0 saturated heterocycles. The van der Waals surface area contributed by atoms with Crippen molar-refractivity contribution in [3.8, 4) is 0 Å². The number of hydrogen-bond donors (Lipinski definition) is 0. The normalized spacial score (nSPS) is 10.0. The van der Waals surface area contributed by atoms with Gasteiger partial charge in [0.2, 0.25) is 5.56 Å². The molecule has 0 unspecified atom stereocenters. The molecule has 0 bridgehead atoms. The average Bonchev–Trinajstić information content (AvgIpc) is 1.97. The van der Waals surface area contributed by atoms with Crippen LogP contribution >= 0.6 is 15.9 Å². The van der Waals surface area contributed by atoms with Crippen LogP contribution in [-0.2, 0) is 6.42 Å². The molecule has 0 amide bonds. The monoisotopic (exact) mass is 230 g/mol. The fraction of sp³-hybridized carbons (Fsp3) is 0.333. The van der Waals surface area contributed by atoms with Crippen molar-refractivity contribution in [2.45, 2.75) is 13.3 Å². The molecule has 0 N–H and O–H groups in total. The third-order valence-electron chi connectivity index (χ3n) is 1.45. The SMILES string of the molecule is CCc1n[n]([AlH2])c(=O)cc1Br. The molecule has 0 atom stereocenters. The maximum absolute atomic E-state index is 11.0. The zero-order valence-electron chi connectivity index (χ0n) is 6.47. The lowest BCUT2D eigenvalue weighted by Gasteiger charge is -2.02. The molecule has 0 aliphatic rings. The number of hydrogen-bond acceptors (Lipinski definition) is 2. The van der Waals surface area contributed by atoms with Gasteiger partial charge in [-0.15, -0.1) is 0 Å². The molecule has 1 heterocycles. The highest BCUT2D eigenvalue weighted by Crippen LogP contribution is 2.10. The molecule has 0 saturated carbocycles. The maximum Gasteiger partial charge on any atom is 0.404 e. The highest BCUT2D eigenvalue weighted by atomic mass is 79.9. The molecule has 0 spiro atoms. The molecule has 5 heteroatoms. The zero-order valence-corrected chi connectivity index (χ0v) is 10.1. The minimum absolute atomic E-state index is 0.0271. The van der Waals surface area contributed by atoms with Crippen LogP contribution in [-0.4, -0.2) is 25.3 Å². The van der Waals surface area contributed by atoms with Crippen molar-refractivity contribution in [2.75, 3.05) is 0 Å². The molecule has 3 nitrogen and oxygen atoms in total. The molecule has 0 aliphatic heterocycles. The van der Waals surface area contributed by atoms with Gasteiger partial charge >= 0.3 is 16.5 Å². The van der Waals surface area contributed by atoms with Crippen LogP contribution in [0.5, 0.6) is 0 Å². The third-order valence-corrected chi connectivity index (χ3v) is 2.78. The van der Waals surface area contributed by atoms with Crippen molar-refractivity contribution in [1.29, 1.82) is 0 Å². The van der Waals surface area contributed by atoms with Crippen LogP contribution in [0.15, 0.2) is 15.3 Å². The van der Waals surface area contributed by atoms with Crippen molar-refractivity contribution >= 4 is 32.4 Å². The summed E-state index contributed by atoms with van der Waals surface area (Å²) >= 11 is 3.93. The van der Waals surface area contributed by atoms with Crippen molar-refractivity contribution in [2.24, 2.45) is 0 Å². The first kappa shape index (κ1) is 8.98. The summed E-state index contributed by atoms with van der Waals surface area (Å²) in [7, 11) is 0. The Kier molecular flexibility index (Phi) is 2.88. The molecular weight excluding hydrogens is 223 g/mol. The number of halogens is 1. The van der Waals surface area contributed by atoms with Gasteiger partial charge in [-0.25, -0.2) is 5.10 Å². The Bertz CT molecular complexity index is 323. The Balaban J connectivity index is 3.32. The largest absolute Gasteiger partial charge is 0.404 e. The van der Waals surface area contributed by atoms with Gasteiger partial charge in [-0.05, 0) is 22.4 Å². The first-order valence-electron chi connectivity index (χ1n) is 3.38. The lowest BCUT2D eigenvalue weighted by atomic mass is 10.3. The second-order valence-electron chi connectivity index (χ2n) is 2.25. The summed E-state index contributed by atoms with van der Waals surface area (Å²) in [6, 6.07) is 1.57. The van der Waals surface area contributed by atoms with Gasteiger partial charge in [0.25, 0.3) is 0 Å². The molecular formula is C6H8AlBrN2O. The van der Waals surface area contributed by atoms with Crippen LogP contribution in [0.25, 0.3) is 0 Å². The van der Waals surface area contributed by atoms with E-state index in [9.17, 15) is 4.79 Å². The summed E-state index contributed by atoms with van der Waals surface area (Å²) in [5, 5.41) is 4.11. The fourth-order valence-corrected chi connectivity index (χ4v) is 1.73. The van der Waals surface area contributed by atoms with E-state index in [2.05, 4.69) is 21.0 Å². The van der Waals surface area contributed by atoms with Gasteiger partial charge in [0.1, 0.15) is 0 Å². The predicted molar refractivity (Wildman–Crippen MR) is 49.5 cm³/mol. The van der Waals surface area contributed by atoms with E-state index in [1.165, 1.54) is 3.67 Å². The minimum atomic E-state index is -0.0271. The van der Waals surface area contributed by atoms with Gasteiger partial charge in [-0.2, -0.15) is 0 Å². The first-order chi connectivity index (χ1) is 5.15. The quantitative estimate of drug-likeness (QED) is 0.636. The van der Waals surface area contributed by atoms with Gasteiger partial charge < -0.3 is 3.67 Å². The predicted octanol–water partition coefficient (Wildman–Crippen LogP) is -0.0356. The van der Waals surface area contributed by atoms with Gasteiger partial charge in [-0.1, -0.05) is 6.92 Å². The highest BCUT2D eigenvalue weighted by Gasteiger charge is 2.00. The molecule has 1 aromatic heterocycles. The molecule has 1 rings (SSSR count). The maximum atomic E-state index is 11.0. The highest BCUT2D eigenvalue weighted by molar-refractivity contribution is 9.10. The minimum Gasteiger partial charge on any atom is -0.337 e. The van der Waals surface area contributed by atoms with Crippen LogP contribution < -0.4 is 5.56 Å². The summed E-state index contributed by atoms with van der Waals surface area (Å²) in [6.45, 7) is 2.01. The summed E-state index contributed by atoms with van der Waals surface area (Å²) in [4.78, 5) is 11.0. The number of nitrogens with zero attached hydrogens (tertiary/aromatic N) is 2. The number of aryl methyl sites for hydroxylation is 1. The van der Waals surface area contributed by atoms with E-state index in [1.54, 1.807) is 6.07 Å². The van der Waals surface area contributed by atoms with Crippen LogP contribution in [0.3, 0.4) is 0 Å². The van der Waals surface area contributed by atoms with Crippen molar-refractivity contribution in [1.82, 2.24) is 8.76 Å². The fourth-order valence-electron chi connectivity index (χ4n) is 0.803. The standard InChI is InChI=1S/C6H7BrN2O.Al.2H/c1-2-5-4(7)3-6(10)9-8-5;;;/h3H,2H2,1H3,(H,9,10);;;/q;+1;;/p-1. The Morgan fingerprint density at radius 3 is 3.00 bits per heavy atom. The third kappa shape index (κ3) is 1.92. The number of aromatic nitrogens is 2. The summed E-state index contributed by atoms with van der Waals surface area (Å²) in [5.74, 6) is 0. The lowest BCUT2D eigenvalue weighted by Crippen LogP contribution is -2.21. The van der Waals surface area contributed by atoms with E-state index >= 15 is 0 Å². The second-order valence-corrected chi connectivity index (χ2v) is 3.96. The molecule has 1 aromatic rings. The summed E-state index contributed by atoms with van der Waals surface area (Å²) in [5.41, 5.74) is 0.917. The van der Waals surface area contributed by atoms with Gasteiger partial charge in [-0.3, -0.25) is 4.79 Å². The number of rotatable bonds is 1. The van der Waals surface area contributed by atoms with E-state index in [-0.39, 0.29) is 5.56 Å². The van der Waals surface area contributed by atoms with Crippen LogP contribution in [0.1, 0.15) is 12.6 Å². The Morgan fingerprint density at radius 1 is 1.82 bits per heavy atom. The van der Waals surface area contributed by atoms with E-state index < -0.39 is 0 Å². The zero-order chi connectivity index (χ0) is 8.43. The van der Waals surface area contributed by atoms with Crippen LogP contribution in [0, 0.1) is 0 Å². The molecule has 0 aromatic carbocycles. The average molecular weight is 231 g/mol. The van der Waals surface area contributed by atoms with Crippen LogP contribution in [0.4, 0.5) is 0 Å². The molecule has 0 radical (unpaired) electrons. The lowest BCUT2D eigenvalue weighted by molar-refractivity contribution is 0.828. The smallest absolute Gasteiger partial charge is 0.337 e. The molecule has 0 fully saturated rings. The second kappa shape index (κ2) is 3.53. The van der Waals surface area contributed by atoms with Crippen LogP contribution in [0.2, 0.25) is 0 Å². The molecule has 11 heavy (non-hydrogen) atoms. The Morgan fingerprint density at radius 2 is 2.45 bits per heavy atom. The topological polar surface area (TPSA) is 34.9 Å². The van der Waals surface area contributed by atoms with Crippen molar-refractivity contribution in [3.05, 3.63) is 26.6 Å². The molecule has 58 valence electrons. The summed E-state index contributed by atoms with van der Waals surface area (Å²) in [6.07, 6.45) is 0.850. The van der Waals surface area contributed by atoms with Crippen molar-refractivity contribution < 1.29 is 0 Å². The van der Waals surface area contributed by atoms with Gasteiger partial charge in [0, 0.05) is 10.5 Å². The molecule has 0 aliphatic carbocycles.